The van der Waals surface area contributed by atoms with Gasteiger partial charge >= 0.3 is 0 Å². The summed E-state index contributed by atoms with van der Waals surface area (Å²) in [7, 11) is 2.08. The molecule has 3 heterocycles. The van der Waals surface area contributed by atoms with Crippen LogP contribution in [-0.4, -0.2) is 43.1 Å². The molecule has 107 valence electrons. The number of aryl methyl sites for hydroxylation is 1. The average Bonchev–Trinajstić information content (AvgIpc) is 2.78. The van der Waals surface area contributed by atoms with Gasteiger partial charge in [0.1, 0.15) is 11.6 Å². The van der Waals surface area contributed by atoms with Gasteiger partial charge in [0.25, 0.3) is 5.56 Å². The Labute approximate surface area is 152 Å². The van der Waals surface area contributed by atoms with E-state index in [4.69, 9.17) is 0 Å². The maximum Gasteiger partial charge on any atom is 0.264 e. The number of pyridine rings is 1. The molecule has 0 spiro atoms. The number of rotatable bonds is 1. The molecule has 1 aliphatic rings. The van der Waals surface area contributed by atoms with Gasteiger partial charge < -0.3 is 14.8 Å². The summed E-state index contributed by atoms with van der Waals surface area (Å²) in [5.74, 6) is 0. The smallest absolute Gasteiger partial charge is 0.264 e. The fraction of sp³-hybridized carbons (Fsp3) is 0.429. The van der Waals surface area contributed by atoms with Gasteiger partial charge in [-0.3, -0.25) is 16.1 Å². The van der Waals surface area contributed by atoms with Crippen molar-refractivity contribution in [2.45, 2.75) is 6.92 Å². The standard InChI is InChI=1S/C14H15N4OS.Y/c1-9-7-11-13(20-9)12(10(8-15)14(19)16-11)18-5-3-17(2)4-6-18;/h3-6H2,1-2H3,(H,16,19);/q-1;. The summed E-state index contributed by atoms with van der Waals surface area (Å²) >= 11 is 1.58. The minimum Gasteiger partial charge on any atom is -0.382 e. The van der Waals surface area contributed by atoms with Crippen molar-refractivity contribution >= 4 is 27.2 Å². The van der Waals surface area contributed by atoms with E-state index in [0.717, 1.165) is 41.4 Å². The molecule has 21 heavy (non-hydrogen) atoms. The molecule has 0 amide bonds. The number of thiophene rings is 1. The van der Waals surface area contributed by atoms with E-state index in [1.165, 1.54) is 0 Å². The number of aromatic nitrogens is 1. The predicted octanol–water partition coefficient (Wildman–Crippen LogP) is 1.32. The van der Waals surface area contributed by atoms with Crippen molar-refractivity contribution in [2.24, 2.45) is 0 Å². The number of nitrogens with zero attached hydrogens (tertiary/aromatic N) is 3. The van der Waals surface area contributed by atoms with Crippen LogP contribution in [0.1, 0.15) is 10.4 Å². The average molecular weight is 376 g/mol. The van der Waals surface area contributed by atoms with Crippen LogP contribution in [0.4, 0.5) is 5.69 Å². The normalized spacial score (nSPS) is 15.8. The molecule has 0 bridgehead atoms. The van der Waals surface area contributed by atoms with Gasteiger partial charge in [-0.1, -0.05) is 4.70 Å². The molecule has 0 aromatic carbocycles. The Morgan fingerprint density at radius 2 is 2.00 bits per heavy atom. The third kappa shape index (κ3) is 3.07. The molecule has 1 radical (unpaired) electrons. The number of H-pyrrole nitrogens is 1. The number of nitrogens with one attached hydrogen (secondary N) is 1. The molecular formula is C14H15N4OSY-. The number of nitriles is 1. The maximum atomic E-state index is 12.1. The molecule has 0 saturated carbocycles. The van der Waals surface area contributed by atoms with Crippen molar-refractivity contribution in [1.82, 2.24) is 9.88 Å². The first-order chi connectivity index (χ1) is 9.60. The minimum atomic E-state index is -0.317. The van der Waals surface area contributed by atoms with E-state index < -0.39 is 0 Å². The third-order valence-electron chi connectivity index (χ3n) is 3.63. The molecule has 5 nitrogen and oxygen atoms in total. The van der Waals surface area contributed by atoms with Crippen molar-refractivity contribution in [1.29, 1.82) is 5.26 Å². The molecule has 1 N–H and O–H groups in total. The topological polar surface area (TPSA) is 63.1 Å². The van der Waals surface area contributed by atoms with Crippen LogP contribution in [0, 0.1) is 24.3 Å². The SMILES string of the molecule is Cc1[c-]c2[nH]c(=O)c(C#N)c(N3CCN(C)CC3)c2s1.[Y]. The molecule has 7 heteroatoms. The molecule has 1 aliphatic heterocycles. The predicted molar refractivity (Wildman–Crippen MR) is 80.4 cm³/mol. The van der Waals surface area contributed by atoms with E-state index in [-0.39, 0.29) is 43.8 Å². The summed E-state index contributed by atoms with van der Waals surface area (Å²) in [6.07, 6.45) is 0. The van der Waals surface area contributed by atoms with E-state index in [9.17, 15) is 10.1 Å². The van der Waals surface area contributed by atoms with E-state index in [1.54, 1.807) is 11.3 Å². The third-order valence-corrected chi connectivity index (χ3v) is 4.64. The molecule has 1 saturated heterocycles. The van der Waals surface area contributed by atoms with Gasteiger partial charge in [-0.05, 0) is 19.7 Å². The summed E-state index contributed by atoms with van der Waals surface area (Å²) < 4.78 is 0.961. The first-order valence-electron chi connectivity index (χ1n) is 6.52. The van der Waals surface area contributed by atoms with Crippen LogP contribution in [0.5, 0.6) is 0 Å². The van der Waals surface area contributed by atoms with Crippen LogP contribution in [0.2, 0.25) is 0 Å². The summed E-state index contributed by atoms with van der Waals surface area (Å²) in [5.41, 5.74) is 1.40. The monoisotopic (exact) mass is 376 g/mol. The first-order valence-corrected chi connectivity index (χ1v) is 7.34. The zero-order valence-corrected chi connectivity index (χ0v) is 15.7. The van der Waals surface area contributed by atoms with E-state index >= 15 is 0 Å². The second-order valence-corrected chi connectivity index (χ2v) is 6.29. The van der Waals surface area contributed by atoms with Crippen molar-refractivity contribution in [3.05, 3.63) is 26.9 Å². The molecule has 2 aromatic heterocycles. The maximum absolute atomic E-state index is 12.1. The molecule has 0 aliphatic carbocycles. The van der Waals surface area contributed by atoms with Crippen molar-refractivity contribution in [2.75, 3.05) is 38.1 Å². The van der Waals surface area contributed by atoms with Gasteiger partial charge in [-0.25, -0.2) is 6.07 Å². The zero-order chi connectivity index (χ0) is 14.3. The number of aromatic amines is 1. The molecule has 0 atom stereocenters. The summed E-state index contributed by atoms with van der Waals surface area (Å²) in [4.78, 5) is 20.2. The molecule has 0 unspecified atom stereocenters. The fourth-order valence-corrected chi connectivity index (χ4v) is 3.54. The van der Waals surface area contributed by atoms with Crippen LogP contribution in [-0.2, 0) is 32.7 Å². The van der Waals surface area contributed by atoms with Crippen molar-refractivity contribution in [3.8, 4) is 6.07 Å². The quantitative estimate of drug-likeness (QED) is 0.763. The Kier molecular flexibility index (Phi) is 5.21. The van der Waals surface area contributed by atoms with Crippen LogP contribution in [0.15, 0.2) is 4.79 Å². The number of hydrogen-bond donors (Lipinski definition) is 1. The van der Waals surface area contributed by atoms with Crippen LogP contribution < -0.4 is 10.5 Å². The second kappa shape index (κ2) is 6.57. The summed E-state index contributed by atoms with van der Waals surface area (Å²) in [6.45, 7) is 5.50. The molecule has 1 fully saturated rings. The number of anilines is 1. The van der Waals surface area contributed by atoms with Gasteiger partial charge in [-0.2, -0.15) is 5.26 Å². The fourth-order valence-electron chi connectivity index (χ4n) is 2.55. The van der Waals surface area contributed by atoms with E-state index in [1.807, 2.05) is 6.92 Å². The largest absolute Gasteiger partial charge is 0.382 e. The van der Waals surface area contributed by atoms with Crippen LogP contribution >= 0.6 is 11.3 Å². The Balaban J connectivity index is 0.00000161. The number of fused-ring (bicyclic) bond motifs is 1. The van der Waals surface area contributed by atoms with Crippen LogP contribution in [0.3, 0.4) is 0 Å². The first kappa shape index (κ1) is 16.6. The summed E-state index contributed by atoms with van der Waals surface area (Å²) in [5, 5.41) is 9.34. The Bertz CT molecular complexity index is 753. The Morgan fingerprint density at radius 1 is 1.33 bits per heavy atom. The van der Waals surface area contributed by atoms with Gasteiger partial charge in [0.2, 0.25) is 0 Å². The van der Waals surface area contributed by atoms with Gasteiger partial charge in [0.15, 0.2) is 0 Å². The van der Waals surface area contributed by atoms with Gasteiger partial charge in [0, 0.05) is 58.9 Å². The zero-order valence-electron chi connectivity index (χ0n) is 12.1. The van der Waals surface area contributed by atoms with Gasteiger partial charge in [0.05, 0.1) is 0 Å². The number of hydrogen-bond acceptors (Lipinski definition) is 5. The van der Waals surface area contributed by atoms with E-state index in [0.29, 0.717) is 5.52 Å². The molecular weight excluding hydrogens is 361 g/mol. The second-order valence-electron chi connectivity index (χ2n) is 5.07. The van der Waals surface area contributed by atoms with E-state index in [2.05, 4.69) is 34.0 Å². The van der Waals surface area contributed by atoms with Crippen molar-refractivity contribution < 1.29 is 32.7 Å². The summed E-state index contributed by atoms with van der Waals surface area (Å²) in [6, 6.07) is 5.22. The van der Waals surface area contributed by atoms with Crippen LogP contribution in [0.25, 0.3) is 10.2 Å². The van der Waals surface area contributed by atoms with Crippen molar-refractivity contribution in [3.63, 3.8) is 0 Å². The number of piperazine rings is 1. The Morgan fingerprint density at radius 3 is 2.62 bits per heavy atom. The number of likely N-dealkylation sites (N-methyl/N-ethyl adjacent to an activating group) is 1. The van der Waals surface area contributed by atoms with Gasteiger partial charge in [-0.15, -0.1) is 10.4 Å². The Hall–Kier alpha value is -0.736. The molecule has 2 aromatic rings. The minimum absolute atomic E-state index is 0. The molecule has 3 rings (SSSR count).